The molecule has 2 rings (SSSR count). The van der Waals surface area contributed by atoms with Crippen LogP contribution in [-0.2, 0) is 14.8 Å². The lowest BCUT2D eigenvalue weighted by Gasteiger charge is -2.18. The number of amides is 1. The van der Waals surface area contributed by atoms with E-state index in [4.69, 9.17) is 0 Å². The molecule has 0 heterocycles. The lowest BCUT2D eigenvalue weighted by Crippen LogP contribution is -2.30. The van der Waals surface area contributed by atoms with Crippen molar-refractivity contribution in [1.29, 1.82) is 0 Å². The van der Waals surface area contributed by atoms with E-state index in [-0.39, 0.29) is 16.6 Å². The van der Waals surface area contributed by atoms with Gasteiger partial charge in [0.15, 0.2) is 0 Å². The Balaban J connectivity index is 2.04. The Kier molecular flexibility index (Phi) is 6.65. The Morgan fingerprint density at radius 1 is 1.04 bits per heavy atom. The third-order valence-corrected chi connectivity index (χ3v) is 5.83. The van der Waals surface area contributed by atoms with Gasteiger partial charge in [0.25, 0.3) is 0 Å². The molecule has 0 spiro atoms. The molecule has 5 nitrogen and oxygen atoms in total. The van der Waals surface area contributed by atoms with Crippen LogP contribution in [0.3, 0.4) is 0 Å². The molecule has 0 aliphatic heterocycles. The van der Waals surface area contributed by atoms with Gasteiger partial charge in [0.2, 0.25) is 15.9 Å². The average Bonchev–Trinajstić information content (AvgIpc) is 2.62. The fourth-order valence-corrected chi connectivity index (χ4v) is 3.81. The van der Waals surface area contributed by atoms with E-state index in [9.17, 15) is 17.6 Å². The highest BCUT2D eigenvalue weighted by Gasteiger charge is 2.21. The quantitative estimate of drug-likeness (QED) is 0.752. The number of benzene rings is 2. The van der Waals surface area contributed by atoms with Crippen LogP contribution in [0.2, 0.25) is 0 Å². The summed E-state index contributed by atoms with van der Waals surface area (Å²) in [7, 11) is -3.52. The second-order valence-corrected chi connectivity index (χ2v) is 7.43. The monoisotopic (exact) mass is 376 g/mol. The molecule has 0 fully saturated rings. The molecule has 0 aromatic heterocycles. The van der Waals surface area contributed by atoms with Crippen molar-refractivity contribution < 1.29 is 17.6 Å². The third-order valence-electron chi connectivity index (χ3n) is 3.76. The molecular formula is C19H21FN2O3S. The minimum absolute atomic E-state index is 0.182. The van der Waals surface area contributed by atoms with Crippen molar-refractivity contribution in [1.82, 2.24) is 4.31 Å². The first-order chi connectivity index (χ1) is 12.4. The van der Waals surface area contributed by atoms with Crippen LogP contribution >= 0.6 is 0 Å². The first-order valence-electron chi connectivity index (χ1n) is 8.21. The highest BCUT2D eigenvalue weighted by atomic mass is 32.2. The Hall–Kier alpha value is -2.51. The molecule has 0 saturated heterocycles. The van der Waals surface area contributed by atoms with Gasteiger partial charge in [-0.25, -0.2) is 12.8 Å². The van der Waals surface area contributed by atoms with Gasteiger partial charge in [-0.2, -0.15) is 4.31 Å². The lowest BCUT2D eigenvalue weighted by molar-refractivity contribution is -0.111. The molecular weight excluding hydrogens is 355 g/mol. The number of anilines is 1. The number of rotatable bonds is 7. The molecule has 0 atom stereocenters. The maximum atomic E-state index is 12.8. The van der Waals surface area contributed by atoms with Gasteiger partial charge in [-0.3, -0.25) is 4.79 Å². The van der Waals surface area contributed by atoms with Gasteiger partial charge >= 0.3 is 0 Å². The summed E-state index contributed by atoms with van der Waals surface area (Å²) in [6.07, 6.45) is 2.89. The number of halogens is 1. The van der Waals surface area contributed by atoms with E-state index >= 15 is 0 Å². The maximum Gasteiger partial charge on any atom is 0.248 e. The lowest BCUT2D eigenvalue weighted by atomic mass is 10.2. The van der Waals surface area contributed by atoms with Crippen LogP contribution in [0.5, 0.6) is 0 Å². The van der Waals surface area contributed by atoms with E-state index in [0.717, 1.165) is 0 Å². The summed E-state index contributed by atoms with van der Waals surface area (Å²) in [6, 6.07) is 11.8. The van der Waals surface area contributed by atoms with Gasteiger partial charge in [-0.05, 0) is 48.0 Å². The van der Waals surface area contributed by atoms with Gasteiger partial charge in [-0.1, -0.05) is 26.0 Å². The zero-order valence-electron chi connectivity index (χ0n) is 14.6. The second-order valence-electron chi connectivity index (χ2n) is 5.49. The Morgan fingerprint density at radius 2 is 1.62 bits per heavy atom. The molecule has 1 N–H and O–H groups in total. The number of nitrogens with one attached hydrogen (secondary N) is 1. The normalized spacial score (nSPS) is 11.8. The van der Waals surface area contributed by atoms with Crippen LogP contribution in [0.15, 0.2) is 59.5 Å². The van der Waals surface area contributed by atoms with Crippen LogP contribution in [0.4, 0.5) is 10.1 Å². The summed E-state index contributed by atoms with van der Waals surface area (Å²) in [5, 5.41) is 2.65. The van der Waals surface area contributed by atoms with Crippen molar-refractivity contribution in [3.63, 3.8) is 0 Å². The number of nitrogens with zero attached hydrogens (tertiary/aromatic N) is 1. The van der Waals surface area contributed by atoms with E-state index in [0.29, 0.717) is 24.3 Å². The van der Waals surface area contributed by atoms with Crippen LogP contribution in [0, 0.1) is 5.82 Å². The Labute approximate surface area is 153 Å². The second kappa shape index (κ2) is 8.73. The molecule has 0 aliphatic rings. The Morgan fingerprint density at radius 3 is 2.15 bits per heavy atom. The van der Waals surface area contributed by atoms with Crippen molar-refractivity contribution in [3.8, 4) is 0 Å². The molecule has 0 unspecified atom stereocenters. The highest BCUT2D eigenvalue weighted by Crippen LogP contribution is 2.18. The molecule has 0 radical (unpaired) electrons. The number of carbonyl (C=O) groups is 1. The van der Waals surface area contributed by atoms with Gasteiger partial charge in [0, 0.05) is 24.9 Å². The smallest absolute Gasteiger partial charge is 0.248 e. The Bertz CT molecular complexity index is 872. The highest BCUT2D eigenvalue weighted by molar-refractivity contribution is 7.89. The fraction of sp³-hybridized carbons (Fsp3) is 0.211. The summed E-state index contributed by atoms with van der Waals surface area (Å²) >= 11 is 0. The molecule has 0 aliphatic carbocycles. The summed E-state index contributed by atoms with van der Waals surface area (Å²) in [6.45, 7) is 4.35. The third kappa shape index (κ3) is 5.00. The van der Waals surface area contributed by atoms with Crippen LogP contribution in [0.25, 0.3) is 6.08 Å². The molecule has 138 valence electrons. The van der Waals surface area contributed by atoms with Crippen molar-refractivity contribution in [2.24, 2.45) is 0 Å². The molecule has 0 saturated carbocycles. The van der Waals surface area contributed by atoms with Crippen molar-refractivity contribution in [2.45, 2.75) is 18.7 Å². The number of hydrogen-bond acceptors (Lipinski definition) is 3. The zero-order valence-corrected chi connectivity index (χ0v) is 15.5. The molecule has 0 bridgehead atoms. The van der Waals surface area contributed by atoms with Crippen molar-refractivity contribution in [3.05, 3.63) is 66.0 Å². The first kappa shape index (κ1) is 19.8. The number of carbonyl (C=O) groups excluding carboxylic acids is 1. The van der Waals surface area contributed by atoms with Crippen LogP contribution in [-0.4, -0.2) is 31.7 Å². The van der Waals surface area contributed by atoms with E-state index in [1.165, 1.54) is 34.6 Å². The standard InChI is InChI=1S/C19H21FN2O3S/c1-3-22(4-2)26(24,25)18-12-10-17(11-13-18)21-19(23)14-7-15-5-8-16(20)9-6-15/h5-14H,3-4H2,1-2H3,(H,21,23). The van der Waals surface area contributed by atoms with E-state index in [1.54, 1.807) is 44.2 Å². The SMILES string of the molecule is CCN(CC)S(=O)(=O)c1ccc(NC(=O)C=Cc2ccc(F)cc2)cc1. The topological polar surface area (TPSA) is 66.5 Å². The molecule has 2 aromatic carbocycles. The van der Waals surface area contributed by atoms with E-state index in [2.05, 4.69) is 5.32 Å². The summed E-state index contributed by atoms with van der Waals surface area (Å²) < 4.78 is 39.0. The summed E-state index contributed by atoms with van der Waals surface area (Å²) in [5.74, 6) is -0.708. The van der Waals surface area contributed by atoms with Crippen LogP contribution in [0.1, 0.15) is 19.4 Å². The number of hydrogen-bond donors (Lipinski definition) is 1. The van der Waals surface area contributed by atoms with Crippen molar-refractivity contribution in [2.75, 3.05) is 18.4 Å². The molecule has 7 heteroatoms. The predicted molar refractivity (Wildman–Crippen MR) is 101 cm³/mol. The summed E-state index contributed by atoms with van der Waals surface area (Å²) in [4.78, 5) is 12.1. The molecule has 1 amide bonds. The zero-order chi connectivity index (χ0) is 19.2. The predicted octanol–water partition coefficient (Wildman–Crippen LogP) is 3.51. The van der Waals surface area contributed by atoms with Crippen LogP contribution < -0.4 is 5.32 Å². The first-order valence-corrected chi connectivity index (χ1v) is 9.65. The average molecular weight is 376 g/mol. The minimum Gasteiger partial charge on any atom is -0.323 e. The molecule has 2 aromatic rings. The largest absolute Gasteiger partial charge is 0.323 e. The summed E-state index contributed by atoms with van der Waals surface area (Å²) in [5.41, 5.74) is 1.18. The van der Waals surface area contributed by atoms with Crippen molar-refractivity contribution >= 4 is 27.7 Å². The fourth-order valence-electron chi connectivity index (χ4n) is 2.35. The van der Waals surface area contributed by atoms with E-state index < -0.39 is 10.0 Å². The van der Waals surface area contributed by atoms with Gasteiger partial charge in [0.1, 0.15) is 5.82 Å². The minimum atomic E-state index is -3.52. The molecule has 26 heavy (non-hydrogen) atoms. The maximum absolute atomic E-state index is 12.8. The van der Waals surface area contributed by atoms with E-state index in [1.807, 2.05) is 0 Å². The van der Waals surface area contributed by atoms with Gasteiger partial charge in [0.05, 0.1) is 4.90 Å². The number of sulfonamides is 1. The van der Waals surface area contributed by atoms with Gasteiger partial charge < -0.3 is 5.32 Å². The van der Waals surface area contributed by atoms with Gasteiger partial charge in [-0.15, -0.1) is 0 Å².